The second-order valence-corrected chi connectivity index (χ2v) is 3.46. The first-order valence-corrected chi connectivity index (χ1v) is 4.98. The van der Waals surface area contributed by atoms with E-state index in [4.69, 9.17) is 5.73 Å². The standard InChI is InChI=1S/C9H19N3O/c1-2-11-9(13)7-12-5-3-4-8(12)6-10/h8H,2-7,10H2,1H3,(H,11,13). The topological polar surface area (TPSA) is 58.4 Å². The van der Waals surface area contributed by atoms with E-state index in [0.29, 0.717) is 25.7 Å². The summed E-state index contributed by atoms with van der Waals surface area (Å²) in [6.07, 6.45) is 2.30. The van der Waals surface area contributed by atoms with Gasteiger partial charge < -0.3 is 11.1 Å². The molecule has 1 unspecified atom stereocenters. The van der Waals surface area contributed by atoms with Crippen LogP contribution in [0.25, 0.3) is 0 Å². The zero-order valence-electron chi connectivity index (χ0n) is 8.25. The Morgan fingerprint density at radius 1 is 1.69 bits per heavy atom. The van der Waals surface area contributed by atoms with Crippen molar-refractivity contribution in [3.8, 4) is 0 Å². The minimum Gasteiger partial charge on any atom is -0.355 e. The zero-order valence-corrected chi connectivity index (χ0v) is 8.25. The summed E-state index contributed by atoms with van der Waals surface area (Å²) in [5.74, 6) is 0.114. The van der Waals surface area contributed by atoms with E-state index in [2.05, 4.69) is 10.2 Å². The number of nitrogens with two attached hydrogens (primary N) is 1. The van der Waals surface area contributed by atoms with Crippen LogP contribution in [0, 0.1) is 0 Å². The average Bonchev–Trinajstić information content (AvgIpc) is 2.52. The summed E-state index contributed by atoms with van der Waals surface area (Å²) in [7, 11) is 0. The van der Waals surface area contributed by atoms with E-state index in [1.165, 1.54) is 6.42 Å². The van der Waals surface area contributed by atoms with Crippen LogP contribution in [0.4, 0.5) is 0 Å². The molecule has 1 amide bonds. The monoisotopic (exact) mass is 185 g/mol. The molecule has 1 aliphatic heterocycles. The zero-order chi connectivity index (χ0) is 9.68. The lowest BCUT2D eigenvalue weighted by atomic mass is 10.2. The Kier molecular flexibility index (Phi) is 4.18. The van der Waals surface area contributed by atoms with Crippen molar-refractivity contribution < 1.29 is 4.79 Å². The summed E-state index contributed by atoms with van der Waals surface area (Å²) >= 11 is 0. The van der Waals surface area contributed by atoms with Crippen molar-refractivity contribution in [3.05, 3.63) is 0 Å². The second kappa shape index (κ2) is 5.19. The van der Waals surface area contributed by atoms with Crippen molar-refractivity contribution in [2.75, 3.05) is 26.2 Å². The van der Waals surface area contributed by atoms with Crippen molar-refractivity contribution in [2.24, 2.45) is 5.73 Å². The molecule has 4 heteroatoms. The Balaban J connectivity index is 2.30. The fraction of sp³-hybridized carbons (Fsp3) is 0.889. The first kappa shape index (κ1) is 10.5. The van der Waals surface area contributed by atoms with Crippen LogP contribution >= 0.6 is 0 Å². The van der Waals surface area contributed by atoms with Crippen LogP contribution in [-0.2, 0) is 4.79 Å². The molecule has 13 heavy (non-hydrogen) atoms. The van der Waals surface area contributed by atoms with Crippen LogP contribution in [0.15, 0.2) is 0 Å². The molecule has 0 spiro atoms. The Labute approximate surface area is 79.5 Å². The third kappa shape index (κ3) is 2.97. The number of carbonyl (C=O) groups is 1. The first-order chi connectivity index (χ1) is 6.27. The molecule has 1 saturated heterocycles. The smallest absolute Gasteiger partial charge is 0.234 e. The third-order valence-electron chi connectivity index (χ3n) is 2.49. The average molecular weight is 185 g/mol. The van der Waals surface area contributed by atoms with Gasteiger partial charge in [-0.15, -0.1) is 0 Å². The fourth-order valence-electron chi connectivity index (χ4n) is 1.81. The molecule has 0 aromatic heterocycles. The number of likely N-dealkylation sites (tertiary alicyclic amines) is 1. The van der Waals surface area contributed by atoms with Gasteiger partial charge >= 0.3 is 0 Å². The molecule has 0 aromatic rings. The summed E-state index contributed by atoms with van der Waals surface area (Å²) in [6.45, 7) is 4.83. The number of carbonyl (C=O) groups excluding carboxylic acids is 1. The Hall–Kier alpha value is -0.610. The van der Waals surface area contributed by atoms with Gasteiger partial charge in [0, 0.05) is 19.1 Å². The van der Waals surface area contributed by atoms with Crippen molar-refractivity contribution >= 4 is 5.91 Å². The Morgan fingerprint density at radius 3 is 3.08 bits per heavy atom. The van der Waals surface area contributed by atoms with E-state index >= 15 is 0 Å². The molecule has 0 bridgehead atoms. The summed E-state index contributed by atoms with van der Waals surface area (Å²) in [5, 5.41) is 2.80. The van der Waals surface area contributed by atoms with E-state index in [1.54, 1.807) is 0 Å². The fourth-order valence-corrected chi connectivity index (χ4v) is 1.81. The van der Waals surface area contributed by atoms with Crippen LogP contribution in [0.5, 0.6) is 0 Å². The minimum absolute atomic E-state index is 0.114. The quantitative estimate of drug-likeness (QED) is 0.623. The predicted molar refractivity (Wildman–Crippen MR) is 52.3 cm³/mol. The van der Waals surface area contributed by atoms with Crippen molar-refractivity contribution in [3.63, 3.8) is 0 Å². The molecule has 0 radical (unpaired) electrons. The van der Waals surface area contributed by atoms with Crippen LogP contribution < -0.4 is 11.1 Å². The Bertz CT molecular complexity index is 172. The van der Waals surface area contributed by atoms with Crippen LogP contribution in [0.2, 0.25) is 0 Å². The van der Waals surface area contributed by atoms with Gasteiger partial charge in [0.1, 0.15) is 0 Å². The molecule has 1 fully saturated rings. The van der Waals surface area contributed by atoms with Gasteiger partial charge in [-0.2, -0.15) is 0 Å². The number of hydrogen-bond acceptors (Lipinski definition) is 3. The lowest BCUT2D eigenvalue weighted by Crippen LogP contribution is -2.42. The number of nitrogens with zero attached hydrogens (tertiary/aromatic N) is 1. The molecule has 1 atom stereocenters. The normalized spacial score (nSPS) is 23.4. The highest BCUT2D eigenvalue weighted by molar-refractivity contribution is 5.78. The van der Waals surface area contributed by atoms with Crippen LogP contribution in [0.1, 0.15) is 19.8 Å². The highest BCUT2D eigenvalue weighted by atomic mass is 16.2. The van der Waals surface area contributed by atoms with Gasteiger partial charge in [0.15, 0.2) is 0 Å². The lowest BCUT2D eigenvalue weighted by Gasteiger charge is -2.21. The van der Waals surface area contributed by atoms with E-state index in [0.717, 1.165) is 13.0 Å². The molecule has 1 rings (SSSR count). The summed E-state index contributed by atoms with van der Waals surface area (Å²) in [6, 6.07) is 0.419. The van der Waals surface area contributed by atoms with Crippen LogP contribution in [0.3, 0.4) is 0 Å². The van der Waals surface area contributed by atoms with Gasteiger partial charge in [-0.3, -0.25) is 9.69 Å². The van der Waals surface area contributed by atoms with Gasteiger partial charge in [0.05, 0.1) is 6.54 Å². The number of hydrogen-bond donors (Lipinski definition) is 2. The molecular formula is C9H19N3O. The largest absolute Gasteiger partial charge is 0.355 e. The predicted octanol–water partition coefficient (Wildman–Crippen LogP) is -0.454. The Morgan fingerprint density at radius 2 is 2.46 bits per heavy atom. The molecule has 0 saturated carbocycles. The molecule has 3 N–H and O–H groups in total. The summed E-state index contributed by atoms with van der Waals surface area (Å²) in [5.41, 5.74) is 5.60. The van der Waals surface area contributed by atoms with Gasteiger partial charge in [-0.1, -0.05) is 0 Å². The highest BCUT2D eigenvalue weighted by Gasteiger charge is 2.24. The number of likely N-dealkylation sites (N-methyl/N-ethyl adjacent to an activating group) is 1. The molecule has 76 valence electrons. The van der Waals surface area contributed by atoms with Crippen molar-refractivity contribution in [1.29, 1.82) is 0 Å². The van der Waals surface area contributed by atoms with E-state index in [9.17, 15) is 4.79 Å². The summed E-state index contributed by atoms with van der Waals surface area (Å²) < 4.78 is 0. The van der Waals surface area contributed by atoms with E-state index in [1.807, 2.05) is 6.92 Å². The van der Waals surface area contributed by atoms with Gasteiger partial charge in [0.2, 0.25) is 5.91 Å². The first-order valence-electron chi connectivity index (χ1n) is 4.98. The maximum Gasteiger partial charge on any atom is 0.234 e. The molecule has 4 nitrogen and oxygen atoms in total. The van der Waals surface area contributed by atoms with Crippen molar-refractivity contribution in [1.82, 2.24) is 10.2 Å². The third-order valence-corrected chi connectivity index (χ3v) is 2.49. The van der Waals surface area contributed by atoms with Crippen LogP contribution in [-0.4, -0.2) is 43.0 Å². The maximum absolute atomic E-state index is 11.3. The maximum atomic E-state index is 11.3. The SMILES string of the molecule is CCNC(=O)CN1CCCC1CN. The minimum atomic E-state index is 0.114. The molecule has 0 aromatic carbocycles. The second-order valence-electron chi connectivity index (χ2n) is 3.46. The highest BCUT2D eigenvalue weighted by Crippen LogP contribution is 2.14. The van der Waals surface area contributed by atoms with Gasteiger partial charge in [-0.05, 0) is 26.3 Å². The molecular weight excluding hydrogens is 166 g/mol. The van der Waals surface area contributed by atoms with Gasteiger partial charge in [0.25, 0.3) is 0 Å². The lowest BCUT2D eigenvalue weighted by molar-refractivity contribution is -0.122. The number of amides is 1. The van der Waals surface area contributed by atoms with Crippen molar-refractivity contribution in [2.45, 2.75) is 25.8 Å². The molecule has 1 heterocycles. The van der Waals surface area contributed by atoms with Gasteiger partial charge in [-0.25, -0.2) is 0 Å². The number of rotatable bonds is 4. The number of nitrogens with one attached hydrogen (secondary N) is 1. The summed E-state index contributed by atoms with van der Waals surface area (Å²) in [4.78, 5) is 13.4. The van der Waals surface area contributed by atoms with E-state index < -0.39 is 0 Å². The molecule has 1 aliphatic rings. The molecule has 0 aliphatic carbocycles. The van der Waals surface area contributed by atoms with E-state index in [-0.39, 0.29) is 5.91 Å².